The molecular formula is C10H13ClN4O2. The second-order valence-electron chi connectivity index (χ2n) is 3.35. The van der Waals surface area contributed by atoms with Crippen LogP contribution in [0.5, 0.6) is 0 Å². The molecule has 1 heterocycles. The van der Waals surface area contributed by atoms with Crippen LogP contribution in [0.15, 0.2) is 12.3 Å². The molecule has 2 amide bonds. The second-order valence-corrected chi connectivity index (χ2v) is 3.70. The molecule has 0 aliphatic heterocycles. The number of pyridine rings is 1. The van der Waals surface area contributed by atoms with Crippen LogP contribution >= 0.6 is 11.6 Å². The number of anilines is 1. The smallest absolute Gasteiger partial charge is 0.254 e. The highest BCUT2D eigenvalue weighted by Crippen LogP contribution is 2.14. The molecule has 0 unspecified atom stereocenters. The molecule has 0 spiro atoms. The zero-order valence-corrected chi connectivity index (χ0v) is 10.0. The van der Waals surface area contributed by atoms with Crippen molar-refractivity contribution in [2.75, 3.05) is 18.8 Å². The summed E-state index contributed by atoms with van der Waals surface area (Å²) in [6.45, 7) is 2.07. The molecule has 0 saturated heterocycles. The van der Waals surface area contributed by atoms with E-state index >= 15 is 0 Å². The van der Waals surface area contributed by atoms with Crippen molar-refractivity contribution in [2.45, 2.75) is 6.92 Å². The molecule has 0 atom stereocenters. The van der Waals surface area contributed by atoms with Crippen molar-refractivity contribution in [1.29, 1.82) is 0 Å². The number of carbonyl (C=O) groups is 2. The van der Waals surface area contributed by atoms with Gasteiger partial charge in [0, 0.05) is 20.0 Å². The Morgan fingerprint density at radius 1 is 1.41 bits per heavy atom. The summed E-state index contributed by atoms with van der Waals surface area (Å²) in [5, 5.41) is 5.23. The highest BCUT2D eigenvalue weighted by molar-refractivity contribution is 6.32. The van der Waals surface area contributed by atoms with Gasteiger partial charge in [-0.05, 0) is 6.07 Å². The maximum absolute atomic E-state index is 11.7. The summed E-state index contributed by atoms with van der Waals surface area (Å²) in [7, 11) is 0. The van der Waals surface area contributed by atoms with Crippen LogP contribution in [-0.4, -0.2) is 29.9 Å². The summed E-state index contributed by atoms with van der Waals surface area (Å²) in [6.07, 6.45) is 1.37. The molecule has 0 fully saturated rings. The SMILES string of the molecule is CC(=O)NCCNC(=O)c1cc(N)cnc1Cl. The predicted octanol–water partition coefficient (Wildman–Crippen LogP) is 0.183. The minimum absolute atomic E-state index is 0.0937. The highest BCUT2D eigenvalue weighted by atomic mass is 35.5. The third-order valence-electron chi connectivity index (χ3n) is 1.89. The lowest BCUT2D eigenvalue weighted by molar-refractivity contribution is -0.118. The van der Waals surface area contributed by atoms with Crippen molar-refractivity contribution in [3.63, 3.8) is 0 Å². The normalized spacial score (nSPS) is 9.76. The topological polar surface area (TPSA) is 97.1 Å². The van der Waals surface area contributed by atoms with Gasteiger partial charge in [-0.15, -0.1) is 0 Å². The van der Waals surface area contributed by atoms with E-state index in [9.17, 15) is 9.59 Å². The molecule has 7 heteroatoms. The summed E-state index contributed by atoms with van der Waals surface area (Å²) in [6, 6.07) is 1.45. The summed E-state index contributed by atoms with van der Waals surface area (Å²) < 4.78 is 0. The van der Waals surface area contributed by atoms with E-state index < -0.39 is 0 Å². The van der Waals surface area contributed by atoms with E-state index in [1.807, 2.05) is 0 Å². The van der Waals surface area contributed by atoms with E-state index in [1.54, 1.807) is 0 Å². The van der Waals surface area contributed by atoms with Crippen LogP contribution in [0.25, 0.3) is 0 Å². The van der Waals surface area contributed by atoms with Gasteiger partial charge in [0.25, 0.3) is 5.91 Å². The Labute approximate surface area is 104 Å². The van der Waals surface area contributed by atoms with Crippen molar-refractivity contribution in [3.8, 4) is 0 Å². The lowest BCUT2D eigenvalue weighted by Gasteiger charge is -2.07. The first-order valence-electron chi connectivity index (χ1n) is 4.94. The van der Waals surface area contributed by atoms with Crippen molar-refractivity contribution in [2.24, 2.45) is 0 Å². The number of halogens is 1. The van der Waals surface area contributed by atoms with Crippen LogP contribution in [0.2, 0.25) is 5.15 Å². The summed E-state index contributed by atoms with van der Waals surface area (Å²) >= 11 is 5.76. The molecule has 1 aromatic heterocycles. The number of nitrogens with zero attached hydrogens (tertiary/aromatic N) is 1. The summed E-state index contributed by atoms with van der Waals surface area (Å²) in [5.74, 6) is -0.525. The Balaban J connectivity index is 2.52. The van der Waals surface area contributed by atoms with Gasteiger partial charge in [0.2, 0.25) is 5.91 Å². The van der Waals surface area contributed by atoms with Crippen LogP contribution in [-0.2, 0) is 4.79 Å². The Morgan fingerprint density at radius 2 is 2.06 bits per heavy atom. The van der Waals surface area contributed by atoms with Gasteiger partial charge in [0.05, 0.1) is 17.4 Å². The van der Waals surface area contributed by atoms with E-state index in [-0.39, 0.29) is 22.5 Å². The molecule has 17 heavy (non-hydrogen) atoms. The Bertz CT molecular complexity index is 436. The molecule has 0 aliphatic carbocycles. The molecule has 4 N–H and O–H groups in total. The quantitative estimate of drug-likeness (QED) is 0.529. The fourth-order valence-corrected chi connectivity index (χ4v) is 1.32. The Kier molecular flexibility index (Phi) is 4.71. The third kappa shape index (κ3) is 4.28. The fraction of sp³-hybridized carbons (Fsp3) is 0.300. The fourth-order valence-electron chi connectivity index (χ4n) is 1.13. The van der Waals surface area contributed by atoms with E-state index in [0.717, 1.165) is 0 Å². The van der Waals surface area contributed by atoms with E-state index in [0.29, 0.717) is 18.8 Å². The standard InChI is InChI=1S/C10H13ClN4O2/c1-6(16)13-2-3-14-10(17)8-4-7(12)5-15-9(8)11/h4-5H,2-3,12H2,1H3,(H,13,16)(H,14,17). The van der Waals surface area contributed by atoms with Gasteiger partial charge in [0.15, 0.2) is 0 Å². The van der Waals surface area contributed by atoms with E-state index in [1.165, 1.54) is 19.2 Å². The van der Waals surface area contributed by atoms with Crippen LogP contribution in [0.3, 0.4) is 0 Å². The van der Waals surface area contributed by atoms with Gasteiger partial charge in [-0.3, -0.25) is 9.59 Å². The van der Waals surface area contributed by atoms with Gasteiger partial charge >= 0.3 is 0 Å². The number of nitrogen functional groups attached to an aromatic ring is 1. The molecule has 0 aromatic carbocycles. The molecular weight excluding hydrogens is 244 g/mol. The van der Waals surface area contributed by atoms with Crippen molar-refractivity contribution in [1.82, 2.24) is 15.6 Å². The number of carbonyl (C=O) groups excluding carboxylic acids is 2. The largest absolute Gasteiger partial charge is 0.397 e. The van der Waals surface area contributed by atoms with E-state index in [4.69, 9.17) is 17.3 Å². The number of nitrogens with one attached hydrogen (secondary N) is 2. The van der Waals surface area contributed by atoms with Crippen LogP contribution in [0.1, 0.15) is 17.3 Å². The molecule has 6 nitrogen and oxygen atoms in total. The van der Waals surface area contributed by atoms with Crippen molar-refractivity contribution in [3.05, 3.63) is 23.0 Å². The predicted molar refractivity (Wildman–Crippen MR) is 64.7 cm³/mol. The number of aromatic nitrogens is 1. The number of amides is 2. The first kappa shape index (κ1) is 13.2. The maximum Gasteiger partial charge on any atom is 0.254 e. The average Bonchev–Trinajstić information content (AvgIpc) is 2.27. The monoisotopic (exact) mass is 256 g/mol. The molecule has 92 valence electrons. The summed E-state index contributed by atoms with van der Waals surface area (Å²) in [5.41, 5.74) is 6.08. The number of rotatable bonds is 4. The Morgan fingerprint density at radius 3 is 2.71 bits per heavy atom. The molecule has 1 rings (SSSR count). The third-order valence-corrected chi connectivity index (χ3v) is 2.19. The zero-order valence-electron chi connectivity index (χ0n) is 9.29. The lowest BCUT2D eigenvalue weighted by Crippen LogP contribution is -2.33. The lowest BCUT2D eigenvalue weighted by atomic mass is 10.2. The van der Waals surface area contributed by atoms with Gasteiger partial charge in [-0.25, -0.2) is 4.98 Å². The van der Waals surface area contributed by atoms with Gasteiger partial charge in [0.1, 0.15) is 5.15 Å². The maximum atomic E-state index is 11.7. The molecule has 0 saturated carbocycles. The minimum Gasteiger partial charge on any atom is -0.397 e. The van der Waals surface area contributed by atoms with Gasteiger partial charge in [-0.1, -0.05) is 11.6 Å². The first-order chi connectivity index (χ1) is 8.00. The molecule has 0 radical (unpaired) electrons. The summed E-state index contributed by atoms with van der Waals surface area (Å²) in [4.78, 5) is 26.0. The first-order valence-corrected chi connectivity index (χ1v) is 5.32. The second kappa shape index (κ2) is 6.05. The number of hydrogen-bond donors (Lipinski definition) is 3. The van der Waals surface area contributed by atoms with E-state index in [2.05, 4.69) is 15.6 Å². The average molecular weight is 257 g/mol. The number of hydrogen-bond acceptors (Lipinski definition) is 4. The Hall–Kier alpha value is -1.82. The van der Waals surface area contributed by atoms with Crippen molar-refractivity contribution < 1.29 is 9.59 Å². The van der Waals surface area contributed by atoms with Gasteiger partial charge < -0.3 is 16.4 Å². The van der Waals surface area contributed by atoms with Crippen LogP contribution in [0, 0.1) is 0 Å². The molecule has 0 bridgehead atoms. The zero-order chi connectivity index (χ0) is 12.8. The van der Waals surface area contributed by atoms with Crippen LogP contribution in [0.4, 0.5) is 5.69 Å². The molecule has 0 aliphatic rings. The van der Waals surface area contributed by atoms with Gasteiger partial charge in [-0.2, -0.15) is 0 Å². The highest BCUT2D eigenvalue weighted by Gasteiger charge is 2.11. The molecule has 1 aromatic rings. The van der Waals surface area contributed by atoms with Crippen LogP contribution < -0.4 is 16.4 Å². The minimum atomic E-state index is -0.375. The van der Waals surface area contributed by atoms with Crippen molar-refractivity contribution >= 4 is 29.1 Å². The number of nitrogens with two attached hydrogens (primary N) is 1.